The van der Waals surface area contributed by atoms with Crippen LogP contribution in [0.4, 0.5) is 0 Å². The predicted molar refractivity (Wildman–Crippen MR) is 104 cm³/mol. The number of hydrogen-bond acceptors (Lipinski definition) is 5. The Labute approximate surface area is 160 Å². The second-order valence-electron chi connectivity index (χ2n) is 7.25. The number of nitrogens with zero attached hydrogens (tertiary/aromatic N) is 3. The van der Waals surface area contributed by atoms with Crippen molar-refractivity contribution in [3.63, 3.8) is 0 Å². The first-order chi connectivity index (χ1) is 12.4. The van der Waals surface area contributed by atoms with Crippen molar-refractivity contribution in [1.82, 2.24) is 14.2 Å². The number of thioether (sulfide) groups is 1. The molecule has 0 radical (unpaired) electrons. The normalized spacial score (nSPS) is 20.6. The van der Waals surface area contributed by atoms with E-state index in [0.29, 0.717) is 38.2 Å². The second kappa shape index (κ2) is 7.86. The average Bonchev–Trinajstić information content (AvgIpc) is 3.06. The van der Waals surface area contributed by atoms with Crippen LogP contribution in [0, 0.1) is 5.41 Å². The fourth-order valence-corrected chi connectivity index (χ4v) is 6.15. The molecule has 0 saturated carbocycles. The third-order valence-electron chi connectivity index (χ3n) is 5.56. The van der Waals surface area contributed by atoms with Crippen molar-refractivity contribution in [3.05, 3.63) is 23.9 Å². The summed E-state index contributed by atoms with van der Waals surface area (Å²) in [7, 11) is -3.13. The van der Waals surface area contributed by atoms with Crippen molar-refractivity contribution in [2.75, 3.05) is 38.2 Å². The minimum absolute atomic E-state index is 0.0331. The van der Waals surface area contributed by atoms with E-state index in [1.807, 2.05) is 24.1 Å². The van der Waals surface area contributed by atoms with E-state index in [1.165, 1.54) is 11.8 Å². The molecule has 26 heavy (non-hydrogen) atoms. The van der Waals surface area contributed by atoms with Crippen molar-refractivity contribution in [2.45, 2.75) is 37.6 Å². The molecule has 8 heteroatoms. The molecule has 6 nitrogen and oxygen atoms in total. The molecule has 3 rings (SSSR count). The molecule has 0 N–H and O–H groups in total. The highest BCUT2D eigenvalue weighted by atomic mass is 32.2. The molecular formula is C18H27N3O3S2. The average molecular weight is 398 g/mol. The Morgan fingerprint density at radius 1 is 1.27 bits per heavy atom. The highest BCUT2D eigenvalue weighted by Crippen LogP contribution is 2.41. The zero-order valence-electron chi connectivity index (χ0n) is 15.5. The summed E-state index contributed by atoms with van der Waals surface area (Å²) in [6.07, 6.45) is 6.92. The van der Waals surface area contributed by atoms with Crippen molar-refractivity contribution < 1.29 is 13.2 Å². The van der Waals surface area contributed by atoms with Crippen LogP contribution < -0.4 is 0 Å². The molecule has 2 aliphatic heterocycles. The summed E-state index contributed by atoms with van der Waals surface area (Å²) in [5, 5.41) is 0.760. The molecule has 0 unspecified atom stereocenters. The summed E-state index contributed by atoms with van der Waals surface area (Å²) >= 11 is 1.48. The van der Waals surface area contributed by atoms with E-state index in [4.69, 9.17) is 0 Å². The number of pyridine rings is 1. The molecule has 0 bridgehead atoms. The van der Waals surface area contributed by atoms with Gasteiger partial charge in [-0.3, -0.25) is 4.79 Å². The number of rotatable bonds is 5. The zero-order chi connectivity index (χ0) is 18.8. The van der Waals surface area contributed by atoms with E-state index in [0.717, 1.165) is 24.3 Å². The first-order valence-electron chi connectivity index (χ1n) is 9.17. The van der Waals surface area contributed by atoms with Crippen molar-refractivity contribution in [2.24, 2.45) is 5.41 Å². The Bertz CT molecular complexity index is 759. The molecule has 0 aromatic carbocycles. The zero-order valence-corrected chi connectivity index (χ0v) is 17.1. The van der Waals surface area contributed by atoms with Gasteiger partial charge in [-0.2, -0.15) is 0 Å². The minimum Gasteiger partial charge on any atom is -0.339 e. The van der Waals surface area contributed by atoms with Gasteiger partial charge in [0.2, 0.25) is 10.0 Å². The van der Waals surface area contributed by atoms with Crippen LogP contribution in [0.25, 0.3) is 0 Å². The lowest BCUT2D eigenvalue weighted by molar-refractivity contribution is 0.0595. The fourth-order valence-electron chi connectivity index (χ4n) is 4.00. The maximum atomic E-state index is 12.9. The van der Waals surface area contributed by atoms with Crippen LogP contribution in [0.1, 0.15) is 43.0 Å². The molecule has 2 fully saturated rings. The van der Waals surface area contributed by atoms with Gasteiger partial charge < -0.3 is 4.90 Å². The highest BCUT2D eigenvalue weighted by Gasteiger charge is 2.44. The molecule has 0 atom stereocenters. The third-order valence-corrected chi connectivity index (χ3v) is 8.30. The predicted octanol–water partition coefficient (Wildman–Crippen LogP) is 2.47. The molecular weight excluding hydrogens is 370 g/mol. The van der Waals surface area contributed by atoms with Crippen molar-refractivity contribution in [1.29, 1.82) is 0 Å². The molecule has 144 valence electrons. The van der Waals surface area contributed by atoms with Gasteiger partial charge in [0, 0.05) is 32.4 Å². The lowest BCUT2D eigenvalue weighted by atomic mass is 9.78. The maximum absolute atomic E-state index is 12.9. The van der Waals surface area contributed by atoms with E-state index in [-0.39, 0.29) is 17.1 Å². The molecule has 2 saturated heterocycles. The number of sulfonamides is 1. The van der Waals surface area contributed by atoms with Crippen LogP contribution in [0.3, 0.4) is 0 Å². The van der Waals surface area contributed by atoms with E-state index in [9.17, 15) is 13.2 Å². The summed E-state index contributed by atoms with van der Waals surface area (Å²) in [6.45, 7) is 4.50. The summed E-state index contributed by atoms with van der Waals surface area (Å²) in [5.41, 5.74) is 0.698. The fraction of sp³-hybridized carbons (Fsp3) is 0.667. The Morgan fingerprint density at radius 3 is 2.62 bits per heavy atom. The van der Waals surface area contributed by atoms with Gasteiger partial charge in [0.15, 0.2) is 0 Å². The van der Waals surface area contributed by atoms with Gasteiger partial charge in [-0.1, -0.05) is 6.92 Å². The summed E-state index contributed by atoms with van der Waals surface area (Å²) < 4.78 is 26.3. The minimum atomic E-state index is -3.13. The van der Waals surface area contributed by atoms with Crippen LogP contribution >= 0.6 is 11.8 Å². The quantitative estimate of drug-likeness (QED) is 0.714. The molecule has 2 aliphatic rings. The van der Waals surface area contributed by atoms with Crippen molar-refractivity contribution >= 4 is 27.7 Å². The lowest BCUT2D eigenvalue weighted by Gasteiger charge is -2.39. The number of amides is 1. The van der Waals surface area contributed by atoms with Crippen LogP contribution in [0.5, 0.6) is 0 Å². The van der Waals surface area contributed by atoms with E-state index in [2.05, 4.69) is 4.98 Å². The molecule has 3 heterocycles. The van der Waals surface area contributed by atoms with E-state index < -0.39 is 10.0 Å². The maximum Gasteiger partial charge on any atom is 0.256 e. The van der Waals surface area contributed by atoms with Gasteiger partial charge in [0.1, 0.15) is 5.03 Å². The van der Waals surface area contributed by atoms with Crippen LogP contribution in [0.2, 0.25) is 0 Å². The summed E-state index contributed by atoms with van der Waals surface area (Å²) in [6, 6.07) is 3.63. The Balaban J connectivity index is 1.64. The number of likely N-dealkylation sites (tertiary alicyclic amines) is 1. The van der Waals surface area contributed by atoms with E-state index >= 15 is 0 Å². The molecule has 1 spiro atoms. The van der Waals surface area contributed by atoms with Gasteiger partial charge in [0.05, 0.1) is 11.3 Å². The largest absolute Gasteiger partial charge is 0.339 e. The number of piperidine rings is 1. The van der Waals surface area contributed by atoms with Gasteiger partial charge in [0.25, 0.3) is 5.91 Å². The number of hydrogen-bond donors (Lipinski definition) is 0. The van der Waals surface area contributed by atoms with Gasteiger partial charge in [-0.15, -0.1) is 11.8 Å². The summed E-state index contributed by atoms with van der Waals surface area (Å²) in [4.78, 5) is 19.0. The molecule has 0 aliphatic carbocycles. The number of carbonyl (C=O) groups is 1. The Hall–Kier alpha value is -1.12. The second-order valence-corrected chi connectivity index (χ2v) is 10.1. The van der Waals surface area contributed by atoms with Gasteiger partial charge >= 0.3 is 0 Å². The van der Waals surface area contributed by atoms with Gasteiger partial charge in [-0.25, -0.2) is 17.7 Å². The molecule has 1 aromatic rings. The first-order valence-corrected chi connectivity index (χ1v) is 12.0. The third kappa shape index (κ3) is 3.92. The molecule has 1 aromatic heterocycles. The Kier molecular flexibility index (Phi) is 5.94. The van der Waals surface area contributed by atoms with E-state index in [1.54, 1.807) is 16.6 Å². The van der Waals surface area contributed by atoms with Gasteiger partial charge in [-0.05, 0) is 49.5 Å². The Morgan fingerprint density at radius 2 is 1.96 bits per heavy atom. The lowest BCUT2D eigenvalue weighted by Crippen LogP contribution is -2.45. The molecule has 1 amide bonds. The standard InChI is InChI=1S/C18H27N3O3S2/c1-3-13-26(23,24)21-12-8-18(14-21)6-10-20(11-7-18)17(22)15-5-4-9-19-16(15)25-2/h4-5,9H,3,6-8,10-14H2,1-2H3. The number of carbonyl (C=O) groups excluding carboxylic acids is 1. The SMILES string of the molecule is CCCS(=O)(=O)N1CCC2(CCN(C(=O)c3cccnc3SC)CC2)C1. The van der Waals surface area contributed by atoms with Crippen LogP contribution in [0.15, 0.2) is 23.4 Å². The highest BCUT2D eigenvalue weighted by molar-refractivity contribution is 7.98. The van der Waals surface area contributed by atoms with Crippen LogP contribution in [-0.2, 0) is 10.0 Å². The first kappa shape index (κ1) is 19.6. The smallest absolute Gasteiger partial charge is 0.256 e. The number of aromatic nitrogens is 1. The van der Waals surface area contributed by atoms with Crippen molar-refractivity contribution in [3.8, 4) is 0 Å². The van der Waals surface area contributed by atoms with Crippen LogP contribution in [-0.4, -0.2) is 66.7 Å². The summed E-state index contributed by atoms with van der Waals surface area (Å²) in [5.74, 6) is 0.261. The topological polar surface area (TPSA) is 70.6 Å². The monoisotopic (exact) mass is 397 g/mol.